The van der Waals surface area contributed by atoms with Crippen LogP contribution in [0.15, 0.2) is 36.7 Å². The summed E-state index contributed by atoms with van der Waals surface area (Å²) in [5, 5.41) is 0. The maximum Gasteiger partial charge on any atom is 0.220 e. The van der Waals surface area contributed by atoms with Gasteiger partial charge in [-0.1, -0.05) is 6.58 Å². The lowest BCUT2D eigenvalue weighted by Gasteiger charge is -2.00. The average molecular weight is 180 g/mol. The van der Waals surface area contributed by atoms with E-state index in [9.17, 15) is 9.18 Å². The average Bonchev–Trinajstić information content (AvgIpc) is 2.17. The molecule has 0 aliphatic carbocycles. The van der Waals surface area contributed by atoms with Gasteiger partial charge in [0.05, 0.1) is 7.11 Å². The molecule has 1 rings (SSSR count). The Morgan fingerprint density at radius 3 is 2.31 bits per heavy atom. The number of rotatable bonds is 3. The smallest absolute Gasteiger partial charge is 0.220 e. The van der Waals surface area contributed by atoms with Gasteiger partial charge in [-0.05, 0) is 24.3 Å². The highest BCUT2D eigenvalue weighted by Crippen LogP contribution is 2.14. The topological polar surface area (TPSA) is 26.3 Å². The lowest BCUT2D eigenvalue weighted by molar-refractivity contribution is 0.100. The van der Waals surface area contributed by atoms with Gasteiger partial charge in [0.1, 0.15) is 5.75 Å². The minimum atomic E-state index is -0.954. The Morgan fingerprint density at radius 1 is 1.38 bits per heavy atom. The van der Waals surface area contributed by atoms with Crippen LogP contribution in [-0.4, -0.2) is 12.9 Å². The summed E-state index contributed by atoms with van der Waals surface area (Å²) in [5.41, 5.74) is 0.272. The molecule has 0 radical (unpaired) electrons. The van der Waals surface area contributed by atoms with Crippen LogP contribution < -0.4 is 4.74 Å². The first kappa shape index (κ1) is 9.45. The third-order valence-electron chi connectivity index (χ3n) is 1.60. The highest BCUT2D eigenvalue weighted by atomic mass is 19.1. The number of Topliss-reactive ketones (excluding diaryl/α,β-unsaturated/α-hetero) is 1. The van der Waals surface area contributed by atoms with Crippen molar-refractivity contribution in [3.63, 3.8) is 0 Å². The van der Waals surface area contributed by atoms with E-state index in [1.807, 2.05) is 0 Å². The van der Waals surface area contributed by atoms with Gasteiger partial charge >= 0.3 is 0 Å². The van der Waals surface area contributed by atoms with Gasteiger partial charge in [0.15, 0.2) is 5.83 Å². The lowest BCUT2D eigenvalue weighted by Crippen LogP contribution is -1.97. The summed E-state index contributed by atoms with van der Waals surface area (Å²) in [6.45, 7) is 2.93. The number of ketones is 1. The molecule has 0 aromatic heterocycles. The number of halogens is 1. The summed E-state index contributed by atoms with van der Waals surface area (Å²) in [7, 11) is 1.52. The second-order valence-electron chi connectivity index (χ2n) is 2.46. The number of carbonyl (C=O) groups is 1. The van der Waals surface area contributed by atoms with Crippen molar-refractivity contribution in [1.29, 1.82) is 0 Å². The molecule has 1 aromatic carbocycles. The first-order chi connectivity index (χ1) is 6.15. The second-order valence-corrected chi connectivity index (χ2v) is 2.46. The summed E-state index contributed by atoms with van der Waals surface area (Å²) < 4.78 is 17.3. The van der Waals surface area contributed by atoms with Gasteiger partial charge in [-0.2, -0.15) is 0 Å². The standard InChI is InChI=1S/C10H9FO2/c1-7(11)10(12)8-3-5-9(13-2)6-4-8/h3-6H,1H2,2H3. The Morgan fingerprint density at radius 2 is 1.92 bits per heavy atom. The maximum absolute atomic E-state index is 12.4. The predicted octanol–water partition coefficient (Wildman–Crippen LogP) is 2.36. The van der Waals surface area contributed by atoms with Gasteiger partial charge in [-0.25, -0.2) is 4.39 Å². The van der Waals surface area contributed by atoms with Gasteiger partial charge in [0.25, 0.3) is 0 Å². The SMILES string of the molecule is C=C(F)C(=O)c1ccc(OC)cc1. The number of hydrogen-bond acceptors (Lipinski definition) is 2. The first-order valence-electron chi connectivity index (χ1n) is 3.68. The Bertz CT molecular complexity index is 327. The molecule has 1 aromatic rings. The van der Waals surface area contributed by atoms with Crippen molar-refractivity contribution in [1.82, 2.24) is 0 Å². The number of benzene rings is 1. The van der Waals surface area contributed by atoms with Crippen molar-refractivity contribution in [2.45, 2.75) is 0 Å². The molecule has 0 heterocycles. The number of carbonyl (C=O) groups excluding carboxylic acids is 1. The van der Waals surface area contributed by atoms with E-state index in [2.05, 4.69) is 6.58 Å². The predicted molar refractivity (Wildman–Crippen MR) is 47.6 cm³/mol. The highest BCUT2D eigenvalue weighted by Gasteiger charge is 2.08. The zero-order valence-electron chi connectivity index (χ0n) is 7.21. The lowest BCUT2D eigenvalue weighted by atomic mass is 10.1. The molecule has 0 amide bonds. The zero-order chi connectivity index (χ0) is 9.84. The molecule has 0 unspecified atom stereocenters. The van der Waals surface area contributed by atoms with E-state index in [0.29, 0.717) is 5.75 Å². The fourth-order valence-corrected chi connectivity index (χ4v) is 0.899. The van der Waals surface area contributed by atoms with E-state index in [-0.39, 0.29) is 5.56 Å². The Labute approximate surface area is 75.6 Å². The fraction of sp³-hybridized carbons (Fsp3) is 0.100. The third-order valence-corrected chi connectivity index (χ3v) is 1.60. The minimum Gasteiger partial charge on any atom is -0.497 e. The molecule has 13 heavy (non-hydrogen) atoms. The Balaban J connectivity index is 2.92. The summed E-state index contributed by atoms with van der Waals surface area (Å²) in [4.78, 5) is 11.0. The van der Waals surface area contributed by atoms with Gasteiger partial charge in [0, 0.05) is 5.56 Å². The molecule has 0 fully saturated rings. The van der Waals surface area contributed by atoms with Gasteiger partial charge in [0.2, 0.25) is 5.78 Å². The van der Waals surface area contributed by atoms with Crippen molar-refractivity contribution in [3.05, 3.63) is 42.2 Å². The molecule has 0 spiro atoms. The van der Waals surface area contributed by atoms with E-state index in [4.69, 9.17) is 4.74 Å². The van der Waals surface area contributed by atoms with Crippen molar-refractivity contribution >= 4 is 5.78 Å². The summed E-state index contributed by atoms with van der Waals surface area (Å²) in [5.74, 6) is -1.02. The van der Waals surface area contributed by atoms with Gasteiger partial charge in [-0.15, -0.1) is 0 Å². The quantitative estimate of drug-likeness (QED) is 0.527. The molecular weight excluding hydrogens is 171 g/mol. The number of allylic oxidation sites excluding steroid dienone is 1. The van der Waals surface area contributed by atoms with E-state index in [0.717, 1.165) is 0 Å². The number of hydrogen-bond donors (Lipinski definition) is 0. The first-order valence-corrected chi connectivity index (χ1v) is 3.68. The van der Waals surface area contributed by atoms with Crippen molar-refractivity contribution in [2.24, 2.45) is 0 Å². The van der Waals surface area contributed by atoms with Crippen LogP contribution in [0.2, 0.25) is 0 Å². The molecule has 0 aliphatic rings. The molecule has 0 aliphatic heterocycles. The van der Waals surface area contributed by atoms with E-state index >= 15 is 0 Å². The third kappa shape index (κ3) is 2.15. The highest BCUT2D eigenvalue weighted by molar-refractivity contribution is 6.06. The summed E-state index contributed by atoms with van der Waals surface area (Å²) >= 11 is 0. The van der Waals surface area contributed by atoms with E-state index < -0.39 is 11.6 Å². The normalized spacial score (nSPS) is 9.38. The van der Waals surface area contributed by atoms with Crippen LogP contribution in [0.5, 0.6) is 5.75 Å². The van der Waals surface area contributed by atoms with Crippen LogP contribution >= 0.6 is 0 Å². The van der Waals surface area contributed by atoms with Crippen LogP contribution in [0.25, 0.3) is 0 Å². The molecule has 0 atom stereocenters. The van der Waals surface area contributed by atoms with Crippen LogP contribution in [-0.2, 0) is 0 Å². The fourth-order valence-electron chi connectivity index (χ4n) is 0.899. The monoisotopic (exact) mass is 180 g/mol. The van der Waals surface area contributed by atoms with Crippen LogP contribution in [0.1, 0.15) is 10.4 Å². The Hall–Kier alpha value is -1.64. The Kier molecular flexibility index (Phi) is 2.80. The maximum atomic E-state index is 12.4. The van der Waals surface area contributed by atoms with Crippen molar-refractivity contribution in [2.75, 3.05) is 7.11 Å². The molecule has 0 N–H and O–H groups in total. The second kappa shape index (κ2) is 3.85. The molecule has 0 bridgehead atoms. The minimum absolute atomic E-state index is 0.272. The van der Waals surface area contributed by atoms with Gasteiger partial charge in [-0.3, -0.25) is 4.79 Å². The number of methoxy groups -OCH3 is 1. The summed E-state index contributed by atoms with van der Waals surface area (Å²) in [6.07, 6.45) is 0. The van der Waals surface area contributed by atoms with Crippen molar-refractivity contribution < 1.29 is 13.9 Å². The zero-order valence-corrected chi connectivity index (χ0v) is 7.21. The molecule has 68 valence electrons. The molecule has 2 nitrogen and oxygen atoms in total. The van der Waals surface area contributed by atoms with Crippen LogP contribution in [0.3, 0.4) is 0 Å². The summed E-state index contributed by atoms with van der Waals surface area (Å²) in [6, 6.07) is 6.17. The van der Waals surface area contributed by atoms with Gasteiger partial charge < -0.3 is 4.74 Å². The molecule has 0 saturated carbocycles. The molecule has 0 saturated heterocycles. The van der Waals surface area contributed by atoms with Crippen LogP contribution in [0.4, 0.5) is 4.39 Å². The van der Waals surface area contributed by atoms with Crippen LogP contribution in [0, 0.1) is 0 Å². The van der Waals surface area contributed by atoms with Crippen molar-refractivity contribution in [3.8, 4) is 5.75 Å². The van der Waals surface area contributed by atoms with E-state index in [1.165, 1.54) is 19.2 Å². The van der Waals surface area contributed by atoms with E-state index in [1.54, 1.807) is 12.1 Å². The number of ether oxygens (including phenoxy) is 1. The molecular formula is C10H9FO2. The molecule has 3 heteroatoms. The largest absolute Gasteiger partial charge is 0.497 e.